The minimum Gasteiger partial charge on any atom is -0.491 e. The van der Waals surface area contributed by atoms with E-state index >= 15 is 0 Å². The second-order valence-electron chi connectivity index (χ2n) is 9.29. The highest BCUT2D eigenvalue weighted by molar-refractivity contribution is 7.81. The summed E-state index contributed by atoms with van der Waals surface area (Å²) in [6.45, 7) is 1.17. The number of ether oxygens (including phenoxy) is 2. The van der Waals surface area contributed by atoms with Crippen LogP contribution in [0.2, 0.25) is 0 Å². The Morgan fingerprint density at radius 1 is 1.25 bits per heavy atom. The zero-order valence-electron chi connectivity index (χ0n) is 19.4. The number of nitrogens with two attached hydrogens (primary N) is 1. The SMILES string of the molecule is C/N=C\c1ncc(N2C(=O)C3(CCC3)N(c3ccc(OCC4(N)COC4)cc3)C2=S)cc1C(F)(F)F. The van der Waals surface area contributed by atoms with Crippen LogP contribution in [0, 0.1) is 0 Å². The summed E-state index contributed by atoms with van der Waals surface area (Å²) in [6, 6.07) is 7.96. The number of nitrogens with zero attached hydrogens (tertiary/aromatic N) is 4. The molecule has 3 heterocycles. The monoisotopic (exact) mass is 519 g/mol. The first-order chi connectivity index (χ1) is 17.1. The molecule has 36 heavy (non-hydrogen) atoms. The second-order valence-corrected chi connectivity index (χ2v) is 9.66. The molecule has 8 nitrogen and oxygen atoms in total. The number of rotatable bonds is 6. The maximum Gasteiger partial charge on any atom is 0.418 e. The molecule has 1 saturated carbocycles. The summed E-state index contributed by atoms with van der Waals surface area (Å²) >= 11 is 5.66. The van der Waals surface area contributed by atoms with Crippen LogP contribution < -0.4 is 20.3 Å². The Morgan fingerprint density at radius 2 is 1.94 bits per heavy atom. The van der Waals surface area contributed by atoms with Crippen molar-refractivity contribution in [3.8, 4) is 5.75 Å². The smallest absolute Gasteiger partial charge is 0.418 e. The minimum absolute atomic E-state index is 0.0322. The summed E-state index contributed by atoms with van der Waals surface area (Å²) in [6.07, 6.45) is -0.548. The van der Waals surface area contributed by atoms with E-state index in [9.17, 15) is 18.0 Å². The molecule has 12 heteroatoms. The van der Waals surface area contributed by atoms with Crippen molar-refractivity contribution >= 4 is 40.8 Å². The molecule has 190 valence electrons. The van der Waals surface area contributed by atoms with Gasteiger partial charge in [-0.1, -0.05) is 0 Å². The predicted molar refractivity (Wildman–Crippen MR) is 132 cm³/mol. The minimum atomic E-state index is -4.68. The molecule has 1 aliphatic carbocycles. The van der Waals surface area contributed by atoms with Gasteiger partial charge in [0.2, 0.25) is 0 Å². The normalized spacial score (nSPS) is 20.7. The fourth-order valence-electron chi connectivity index (χ4n) is 4.61. The number of hydrogen-bond donors (Lipinski definition) is 1. The van der Waals surface area contributed by atoms with E-state index in [0.717, 1.165) is 23.6 Å². The summed E-state index contributed by atoms with van der Waals surface area (Å²) in [5.41, 5.74) is 3.97. The highest BCUT2D eigenvalue weighted by Gasteiger charge is 2.59. The van der Waals surface area contributed by atoms with E-state index < -0.39 is 22.8 Å². The van der Waals surface area contributed by atoms with Crippen molar-refractivity contribution in [3.63, 3.8) is 0 Å². The number of aromatic nitrogens is 1. The standard InChI is InChI=1S/C24H24F3N5O3S/c1-29-11-19-18(24(25,26)27)9-16(10-30-19)31-20(33)23(7-2-8-23)32(21(31)36)15-3-5-17(6-4-15)35-14-22(28)12-34-13-22/h3-6,9-11H,2,7-8,12-14,28H2,1H3/b29-11-. The van der Waals surface area contributed by atoms with Gasteiger partial charge in [-0.3, -0.25) is 19.7 Å². The van der Waals surface area contributed by atoms with Gasteiger partial charge >= 0.3 is 6.18 Å². The molecule has 1 spiro atoms. The van der Waals surface area contributed by atoms with E-state index in [0.29, 0.717) is 44.1 Å². The van der Waals surface area contributed by atoms with Gasteiger partial charge < -0.3 is 20.1 Å². The summed E-state index contributed by atoms with van der Waals surface area (Å²) in [5, 5.41) is 0.104. The van der Waals surface area contributed by atoms with Gasteiger partial charge in [-0.05, 0) is 61.8 Å². The van der Waals surface area contributed by atoms with Crippen molar-refractivity contribution in [1.29, 1.82) is 0 Å². The van der Waals surface area contributed by atoms with E-state index in [-0.39, 0.29) is 22.4 Å². The van der Waals surface area contributed by atoms with E-state index in [1.165, 1.54) is 13.2 Å². The van der Waals surface area contributed by atoms with Gasteiger partial charge in [0.05, 0.1) is 41.9 Å². The number of aliphatic imine (C=N–C) groups is 1. The van der Waals surface area contributed by atoms with Crippen LogP contribution in [0.15, 0.2) is 41.5 Å². The Balaban J connectivity index is 1.45. The molecule has 0 unspecified atom stereocenters. The van der Waals surface area contributed by atoms with Gasteiger partial charge in [0.15, 0.2) is 5.11 Å². The third-order valence-electron chi connectivity index (χ3n) is 6.71. The molecule has 2 aliphatic heterocycles. The number of amides is 1. The first-order valence-corrected chi connectivity index (χ1v) is 11.8. The Morgan fingerprint density at radius 3 is 2.47 bits per heavy atom. The lowest BCUT2D eigenvalue weighted by Crippen LogP contribution is -2.61. The third-order valence-corrected chi connectivity index (χ3v) is 7.08. The molecule has 2 aromatic rings. The van der Waals surface area contributed by atoms with Crippen LogP contribution in [0.1, 0.15) is 30.5 Å². The first-order valence-electron chi connectivity index (χ1n) is 11.4. The summed E-state index contributed by atoms with van der Waals surface area (Å²) in [5.74, 6) is 0.236. The van der Waals surface area contributed by atoms with Crippen molar-refractivity contribution in [1.82, 2.24) is 4.98 Å². The number of carbonyl (C=O) groups is 1. The van der Waals surface area contributed by atoms with Gasteiger partial charge in [-0.25, -0.2) is 0 Å². The van der Waals surface area contributed by atoms with Crippen LogP contribution in [0.25, 0.3) is 0 Å². The van der Waals surface area contributed by atoms with Gasteiger partial charge in [-0.2, -0.15) is 13.2 Å². The molecule has 3 aliphatic rings. The lowest BCUT2D eigenvalue weighted by molar-refractivity contribution is -0.138. The van der Waals surface area contributed by atoms with Gasteiger partial charge in [0.25, 0.3) is 5.91 Å². The molecule has 1 amide bonds. The van der Waals surface area contributed by atoms with Crippen molar-refractivity contribution in [2.45, 2.75) is 36.5 Å². The number of anilines is 2. The molecular weight excluding hydrogens is 495 g/mol. The molecule has 0 atom stereocenters. The fraction of sp³-hybridized carbons (Fsp3) is 0.417. The Hall–Kier alpha value is -3.09. The zero-order chi connectivity index (χ0) is 25.7. The molecular formula is C24H24F3N5O3S. The van der Waals surface area contributed by atoms with Crippen molar-refractivity contribution in [2.75, 3.05) is 36.7 Å². The van der Waals surface area contributed by atoms with Gasteiger partial charge in [0, 0.05) is 18.9 Å². The lowest BCUT2D eigenvalue weighted by atomic mass is 9.75. The highest BCUT2D eigenvalue weighted by Crippen LogP contribution is 2.48. The van der Waals surface area contributed by atoms with Crippen LogP contribution in [-0.4, -0.2) is 60.2 Å². The second kappa shape index (κ2) is 8.79. The molecule has 0 radical (unpaired) electrons. The van der Waals surface area contributed by atoms with Crippen LogP contribution in [0.4, 0.5) is 24.5 Å². The van der Waals surface area contributed by atoms with E-state index in [4.69, 9.17) is 27.4 Å². The molecule has 1 aromatic heterocycles. The fourth-order valence-corrected chi connectivity index (χ4v) is 5.08. The van der Waals surface area contributed by atoms with Crippen LogP contribution in [0.3, 0.4) is 0 Å². The maximum absolute atomic E-state index is 13.7. The first kappa shape index (κ1) is 24.6. The van der Waals surface area contributed by atoms with Crippen LogP contribution in [-0.2, 0) is 15.7 Å². The Kier molecular flexibility index (Phi) is 6.00. The molecule has 0 bridgehead atoms. The van der Waals surface area contributed by atoms with Crippen LogP contribution in [0.5, 0.6) is 5.75 Å². The number of thiocarbonyl (C=S) groups is 1. The lowest BCUT2D eigenvalue weighted by Gasteiger charge is -2.43. The third kappa shape index (κ3) is 4.02. The summed E-state index contributed by atoms with van der Waals surface area (Å²) < 4.78 is 52.1. The quantitative estimate of drug-likeness (QED) is 0.462. The average Bonchev–Trinajstić information content (AvgIpc) is 3.03. The van der Waals surface area contributed by atoms with Crippen molar-refractivity contribution < 1.29 is 27.4 Å². The number of halogens is 3. The molecule has 3 fully saturated rings. The summed E-state index contributed by atoms with van der Waals surface area (Å²) in [4.78, 5) is 24.1. The summed E-state index contributed by atoms with van der Waals surface area (Å²) in [7, 11) is 1.36. The van der Waals surface area contributed by atoms with Crippen molar-refractivity contribution in [2.24, 2.45) is 10.7 Å². The van der Waals surface area contributed by atoms with E-state index in [1.807, 2.05) is 0 Å². The maximum atomic E-state index is 13.7. The van der Waals surface area contributed by atoms with E-state index in [1.54, 1.807) is 29.2 Å². The number of alkyl halides is 3. The Bertz CT molecular complexity index is 1230. The van der Waals surface area contributed by atoms with Gasteiger partial charge in [-0.15, -0.1) is 0 Å². The molecule has 2 saturated heterocycles. The Labute approximate surface area is 210 Å². The predicted octanol–water partition coefficient (Wildman–Crippen LogP) is 3.32. The zero-order valence-corrected chi connectivity index (χ0v) is 20.2. The topological polar surface area (TPSA) is 93.3 Å². The average molecular weight is 520 g/mol. The van der Waals surface area contributed by atoms with Crippen LogP contribution >= 0.6 is 12.2 Å². The molecule has 5 rings (SSSR count). The number of carbonyl (C=O) groups excluding carboxylic acids is 1. The number of pyridine rings is 1. The number of hydrogen-bond acceptors (Lipinski definition) is 7. The molecule has 1 aromatic carbocycles. The van der Waals surface area contributed by atoms with Gasteiger partial charge in [0.1, 0.15) is 17.9 Å². The largest absolute Gasteiger partial charge is 0.491 e. The molecule has 2 N–H and O–H groups in total. The van der Waals surface area contributed by atoms with E-state index in [2.05, 4.69) is 9.98 Å². The number of benzene rings is 1. The highest BCUT2D eigenvalue weighted by atomic mass is 32.1. The van der Waals surface area contributed by atoms with Crippen molar-refractivity contribution in [3.05, 3.63) is 47.8 Å².